The molecular formula is C11H23NO3S. The summed E-state index contributed by atoms with van der Waals surface area (Å²) in [5, 5.41) is 9.43. The van der Waals surface area contributed by atoms with Gasteiger partial charge in [0.1, 0.15) is 5.54 Å². The maximum absolute atomic E-state index is 11.4. The minimum absolute atomic E-state index is 0.192. The summed E-state index contributed by atoms with van der Waals surface area (Å²) in [7, 11) is 1.35. The quantitative estimate of drug-likeness (QED) is 0.662. The van der Waals surface area contributed by atoms with Gasteiger partial charge < -0.3 is 15.6 Å². The van der Waals surface area contributed by atoms with Crippen LogP contribution in [-0.2, 0) is 9.53 Å². The molecule has 5 heteroatoms. The van der Waals surface area contributed by atoms with Crippen LogP contribution in [0.5, 0.6) is 0 Å². The van der Waals surface area contributed by atoms with Gasteiger partial charge in [-0.25, -0.2) is 0 Å². The Morgan fingerprint density at radius 1 is 1.50 bits per heavy atom. The standard InChI is InChI=1S/C11H23NO3S/c1-8(5-6-13)16-9(2)7-11(3,12)10(14)15-4/h8-9,13H,5-7,12H2,1-4H3. The number of aliphatic hydroxyl groups excluding tert-OH is 1. The molecule has 0 saturated carbocycles. The highest BCUT2D eigenvalue weighted by molar-refractivity contribution is 8.00. The van der Waals surface area contributed by atoms with Crippen LogP contribution in [0.15, 0.2) is 0 Å². The number of hydrogen-bond acceptors (Lipinski definition) is 5. The first-order chi connectivity index (χ1) is 7.33. The predicted octanol–water partition coefficient (Wildman–Crippen LogP) is 1.16. The van der Waals surface area contributed by atoms with E-state index in [-0.39, 0.29) is 17.8 Å². The van der Waals surface area contributed by atoms with Crippen molar-refractivity contribution < 1.29 is 14.6 Å². The molecule has 0 aliphatic heterocycles. The predicted molar refractivity (Wildman–Crippen MR) is 67.4 cm³/mol. The molecule has 16 heavy (non-hydrogen) atoms. The molecule has 0 amide bonds. The van der Waals surface area contributed by atoms with E-state index >= 15 is 0 Å². The zero-order valence-corrected chi connectivity index (χ0v) is 11.3. The number of ether oxygens (including phenoxy) is 1. The van der Waals surface area contributed by atoms with Crippen LogP contribution in [0.4, 0.5) is 0 Å². The van der Waals surface area contributed by atoms with Gasteiger partial charge in [0, 0.05) is 17.1 Å². The summed E-state index contributed by atoms with van der Waals surface area (Å²) in [4.78, 5) is 11.4. The lowest BCUT2D eigenvalue weighted by Gasteiger charge is -2.26. The minimum Gasteiger partial charge on any atom is -0.468 e. The number of rotatable bonds is 7. The number of esters is 1. The summed E-state index contributed by atoms with van der Waals surface area (Å²) in [5.41, 5.74) is 4.95. The first-order valence-corrected chi connectivity index (χ1v) is 6.41. The van der Waals surface area contributed by atoms with E-state index in [1.807, 2.05) is 6.92 Å². The second kappa shape index (κ2) is 7.14. The highest BCUT2D eigenvalue weighted by atomic mass is 32.2. The molecule has 0 aromatic carbocycles. The van der Waals surface area contributed by atoms with Gasteiger partial charge in [-0.2, -0.15) is 11.8 Å². The fraction of sp³-hybridized carbons (Fsp3) is 0.909. The highest BCUT2D eigenvalue weighted by Crippen LogP contribution is 2.26. The molecule has 0 fully saturated rings. The van der Waals surface area contributed by atoms with E-state index in [1.165, 1.54) is 7.11 Å². The first kappa shape index (κ1) is 15.7. The van der Waals surface area contributed by atoms with Crippen LogP contribution in [0.25, 0.3) is 0 Å². The number of hydrogen-bond donors (Lipinski definition) is 2. The Balaban J connectivity index is 4.12. The molecule has 0 aromatic heterocycles. The van der Waals surface area contributed by atoms with E-state index in [1.54, 1.807) is 18.7 Å². The fourth-order valence-electron chi connectivity index (χ4n) is 1.61. The lowest BCUT2D eigenvalue weighted by atomic mass is 9.98. The number of carbonyl (C=O) groups is 1. The molecule has 0 saturated heterocycles. The maximum Gasteiger partial charge on any atom is 0.325 e. The molecule has 0 rings (SSSR count). The molecule has 96 valence electrons. The third-order valence-electron chi connectivity index (χ3n) is 2.36. The van der Waals surface area contributed by atoms with E-state index in [0.717, 1.165) is 6.42 Å². The summed E-state index contributed by atoms with van der Waals surface area (Å²) >= 11 is 1.73. The number of carbonyl (C=O) groups excluding carboxylic acids is 1. The highest BCUT2D eigenvalue weighted by Gasteiger charge is 2.31. The lowest BCUT2D eigenvalue weighted by molar-refractivity contribution is -0.146. The summed E-state index contributed by atoms with van der Waals surface area (Å²) in [6, 6.07) is 0. The van der Waals surface area contributed by atoms with Crippen molar-refractivity contribution in [2.45, 2.75) is 49.7 Å². The van der Waals surface area contributed by atoms with Crippen LogP contribution >= 0.6 is 11.8 Å². The Labute approximate surface area is 102 Å². The van der Waals surface area contributed by atoms with E-state index in [2.05, 4.69) is 11.7 Å². The van der Waals surface area contributed by atoms with Gasteiger partial charge in [-0.3, -0.25) is 4.79 Å². The van der Waals surface area contributed by atoms with Crippen LogP contribution in [0, 0.1) is 0 Å². The molecule has 0 radical (unpaired) electrons. The van der Waals surface area contributed by atoms with Crippen LogP contribution in [0.1, 0.15) is 33.6 Å². The van der Waals surface area contributed by atoms with Gasteiger partial charge in [0.05, 0.1) is 7.11 Å². The number of thioether (sulfide) groups is 1. The van der Waals surface area contributed by atoms with Crippen molar-refractivity contribution in [3.63, 3.8) is 0 Å². The van der Waals surface area contributed by atoms with Crippen molar-refractivity contribution in [3.05, 3.63) is 0 Å². The van der Waals surface area contributed by atoms with Gasteiger partial charge in [0.15, 0.2) is 0 Å². The van der Waals surface area contributed by atoms with Crippen molar-refractivity contribution in [3.8, 4) is 0 Å². The van der Waals surface area contributed by atoms with Crippen molar-refractivity contribution >= 4 is 17.7 Å². The summed E-state index contributed by atoms with van der Waals surface area (Å²) in [6.45, 7) is 5.97. The molecule has 0 aliphatic carbocycles. The summed E-state index contributed by atoms with van der Waals surface area (Å²) in [6.07, 6.45) is 1.33. The summed E-state index contributed by atoms with van der Waals surface area (Å²) in [5.74, 6) is -0.380. The third-order valence-corrected chi connectivity index (χ3v) is 3.70. The molecule has 0 bridgehead atoms. The second-order valence-electron chi connectivity index (χ2n) is 4.38. The molecule has 3 N–H and O–H groups in total. The first-order valence-electron chi connectivity index (χ1n) is 5.47. The van der Waals surface area contributed by atoms with E-state index in [4.69, 9.17) is 10.8 Å². The van der Waals surface area contributed by atoms with Crippen LogP contribution in [0.2, 0.25) is 0 Å². The molecular weight excluding hydrogens is 226 g/mol. The van der Waals surface area contributed by atoms with Crippen molar-refractivity contribution in [2.24, 2.45) is 5.73 Å². The third kappa shape index (κ3) is 5.72. The Bertz CT molecular complexity index is 221. The molecule has 0 aliphatic rings. The fourth-order valence-corrected chi connectivity index (χ4v) is 3.09. The Morgan fingerprint density at radius 3 is 2.50 bits per heavy atom. The molecule has 0 heterocycles. The van der Waals surface area contributed by atoms with Gasteiger partial charge in [0.2, 0.25) is 0 Å². The smallest absolute Gasteiger partial charge is 0.325 e. The van der Waals surface area contributed by atoms with Gasteiger partial charge in [-0.05, 0) is 19.8 Å². The number of methoxy groups -OCH3 is 1. The van der Waals surface area contributed by atoms with E-state index in [0.29, 0.717) is 11.7 Å². The number of nitrogens with two attached hydrogens (primary N) is 1. The second-order valence-corrected chi connectivity index (χ2v) is 6.26. The van der Waals surface area contributed by atoms with Crippen LogP contribution in [-0.4, -0.2) is 40.8 Å². The molecule has 0 spiro atoms. The van der Waals surface area contributed by atoms with Crippen molar-refractivity contribution in [1.82, 2.24) is 0 Å². The largest absolute Gasteiger partial charge is 0.468 e. The SMILES string of the molecule is COC(=O)C(C)(N)CC(C)SC(C)CCO. The topological polar surface area (TPSA) is 72.5 Å². The minimum atomic E-state index is -0.930. The zero-order chi connectivity index (χ0) is 12.8. The molecule has 3 unspecified atom stereocenters. The van der Waals surface area contributed by atoms with Crippen LogP contribution in [0.3, 0.4) is 0 Å². The van der Waals surface area contributed by atoms with Crippen LogP contribution < -0.4 is 5.73 Å². The monoisotopic (exact) mass is 249 g/mol. The lowest BCUT2D eigenvalue weighted by Crippen LogP contribution is -2.47. The summed E-state index contributed by atoms with van der Waals surface area (Å²) < 4.78 is 4.66. The van der Waals surface area contributed by atoms with Gasteiger partial charge in [0.25, 0.3) is 0 Å². The average Bonchev–Trinajstić information content (AvgIpc) is 2.15. The van der Waals surface area contributed by atoms with Gasteiger partial charge in [-0.1, -0.05) is 13.8 Å². The Morgan fingerprint density at radius 2 is 2.06 bits per heavy atom. The number of aliphatic hydroxyl groups is 1. The normalized spacial score (nSPS) is 18.6. The van der Waals surface area contributed by atoms with E-state index < -0.39 is 5.54 Å². The maximum atomic E-state index is 11.4. The van der Waals surface area contributed by atoms with Crippen molar-refractivity contribution in [1.29, 1.82) is 0 Å². The molecule has 0 aromatic rings. The van der Waals surface area contributed by atoms with E-state index in [9.17, 15) is 4.79 Å². The van der Waals surface area contributed by atoms with Gasteiger partial charge in [-0.15, -0.1) is 0 Å². The average molecular weight is 249 g/mol. The molecule has 4 nitrogen and oxygen atoms in total. The van der Waals surface area contributed by atoms with Crippen molar-refractivity contribution in [2.75, 3.05) is 13.7 Å². The zero-order valence-electron chi connectivity index (χ0n) is 10.5. The Hall–Kier alpha value is -0.260. The Kier molecular flexibility index (Phi) is 7.03. The molecule has 3 atom stereocenters. The van der Waals surface area contributed by atoms with Gasteiger partial charge >= 0.3 is 5.97 Å².